The molecule has 1 N–H and O–H groups in total. The Morgan fingerprint density at radius 2 is 1.80 bits per heavy atom. The molecule has 0 saturated carbocycles. The number of benzene rings is 1. The number of rotatable bonds is 4. The van der Waals surface area contributed by atoms with E-state index in [4.69, 9.17) is 14.0 Å². The van der Waals surface area contributed by atoms with Crippen LogP contribution in [0.2, 0.25) is 0 Å². The van der Waals surface area contributed by atoms with Crippen molar-refractivity contribution in [3.05, 3.63) is 18.2 Å². The molecular formula is C14H20BNO4. The van der Waals surface area contributed by atoms with Crippen LogP contribution in [0.5, 0.6) is 5.75 Å². The van der Waals surface area contributed by atoms with E-state index in [2.05, 4.69) is 5.32 Å². The Bertz CT molecular complexity index is 500. The molecule has 1 aliphatic heterocycles. The van der Waals surface area contributed by atoms with E-state index >= 15 is 0 Å². The number of ether oxygens (including phenoxy) is 1. The maximum atomic E-state index is 10.5. The lowest BCUT2D eigenvalue weighted by Crippen LogP contribution is -2.41. The molecule has 1 aromatic carbocycles. The van der Waals surface area contributed by atoms with Crippen LogP contribution in [0.4, 0.5) is 5.69 Å². The van der Waals surface area contributed by atoms with Gasteiger partial charge in [0.1, 0.15) is 5.75 Å². The van der Waals surface area contributed by atoms with Gasteiger partial charge in [-0.3, -0.25) is 4.79 Å². The van der Waals surface area contributed by atoms with E-state index in [0.29, 0.717) is 17.8 Å². The molecule has 1 amide bonds. The van der Waals surface area contributed by atoms with Crippen molar-refractivity contribution in [3.8, 4) is 5.75 Å². The van der Waals surface area contributed by atoms with Gasteiger partial charge in [-0.05, 0) is 33.8 Å². The highest BCUT2D eigenvalue weighted by Crippen LogP contribution is 2.37. The Balaban J connectivity index is 2.32. The average molecular weight is 277 g/mol. The van der Waals surface area contributed by atoms with Gasteiger partial charge in [-0.1, -0.05) is 6.07 Å². The fourth-order valence-electron chi connectivity index (χ4n) is 2.03. The van der Waals surface area contributed by atoms with Gasteiger partial charge >= 0.3 is 7.12 Å². The van der Waals surface area contributed by atoms with Crippen molar-refractivity contribution in [1.29, 1.82) is 0 Å². The lowest BCUT2D eigenvalue weighted by molar-refractivity contribution is -0.105. The summed E-state index contributed by atoms with van der Waals surface area (Å²) in [5, 5.41) is 2.59. The first-order valence-corrected chi connectivity index (χ1v) is 6.54. The molecule has 2 rings (SSSR count). The SMILES string of the molecule is COc1cc(NC=O)ccc1B1OC(C)(C)C(C)(C)O1. The van der Waals surface area contributed by atoms with Gasteiger partial charge in [0.2, 0.25) is 6.41 Å². The Hall–Kier alpha value is -1.53. The molecule has 1 aliphatic rings. The molecule has 6 heteroatoms. The monoisotopic (exact) mass is 277 g/mol. The minimum Gasteiger partial charge on any atom is -0.497 e. The van der Waals surface area contributed by atoms with Gasteiger partial charge in [0.15, 0.2) is 0 Å². The van der Waals surface area contributed by atoms with Crippen molar-refractivity contribution >= 4 is 24.7 Å². The second kappa shape index (κ2) is 5.11. The summed E-state index contributed by atoms with van der Waals surface area (Å²) in [7, 11) is 1.09. The molecular weight excluding hydrogens is 257 g/mol. The molecule has 0 unspecified atom stereocenters. The Morgan fingerprint density at radius 3 is 2.30 bits per heavy atom. The van der Waals surface area contributed by atoms with E-state index in [-0.39, 0.29) is 0 Å². The van der Waals surface area contributed by atoms with Crippen LogP contribution in [0.25, 0.3) is 0 Å². The smallest absolute Gasteiger partial charge is 0.497 e. The summed E-state index contributed by atoms with van der Waals surface area (Å²) in [6.45, 7) is 8.01. The van der Waals surface area contributed by atoms with Crippen LogP contribution in [0, 0.1) is 0 Å². The number of amides is 1. The van der Waals surface area contributed by atoms with Crippen LogP contribution < -0.4 is 15.5 Å². The van der Waals surface area contributed by atoms with E-state index in [1.54, 1.807) is 19.2 Å². The molecule has 0 spiro atoms. The normalized spacial score (nSPS) is 19.8. The van der Waals surface area contributed by atoms with Gasteiger partial charge in [-0.15, -0.1) is 0 Å². The Labute approximate surface area is 119 Å². The van der Waals surface area contributed by atoms with Crippen molar-refractivity contribution in [2.45, 2.75) is 38.9 Å². The molecule has 20 heavy (non-hydrogen) atoms. The van der Waals surface area contributed by atoms with E-state index in [1.807, 2.05) is 33.8 Å². The van der Waals surface area contributed by atoms with Crippen LogP contribution in [0.3, 0.4) is 0 Å². The number of methoxy groups -OCH3 is 1. The predicted octanol–water partition coefficient (Wildman–Crippen LogP) is 1.56. The predicted molar refractivity (Wildman–Crippen MR) is 78.4 cm³/mol. The van der Waals surface area contributed by atoms with Crippen molar-refractivity contribution in [2.24, 2.45) is 0 Å². The van der Waals surface area contributed by atoms with Crippen LogP contribution in [0.15, 0.2) is 18.2 Å². The van der Waals surface area contributed by atoms with Gasteiger partial charge in [-0.2, -0.15) is 0 Å². The number of anilines is 1. The highest BCUT2D eigenvalue weighted by molar-refractivity contribution is 6.63. The molecule has 108 valence electrons. The van der Waals surface area contributed by atoms with Gasteiger partial charge < -0.3 is 19.4 Å². The summed E-state index contributed by atoms with van der Waals surface area (Å²) >= 11 is 0. The first-order chi connectivity index (χ1) is 9.30. The van der Waals surface area contributed by atoms with Gasteiger partial charge in [0.05, 0.1) is 18.3 Å². The quantitative estimate of drug-likeness (QED) is 0.670. The zero-order chi connectivity index (χ0) is 15.0. The first-order valence-electron chi connectivity index (χ1n) is 6.54. The van der Waals surface area contributed by atoms with E-state index in [0.717, 1.165) is 5.46 Å². The summed E-state index contributed by atoms with van der Waals surface area (Å²) < 4.78 is 17.4. The lowest BCUT2D eigenvalue weighted by Gasteiger charge is -2.32. The van der Waals surface area contributed by atoms with Gasteiger partial charge in [0, 0.05) is 17.2 Å². The second-order valence-corrected chi connectivity index (χ2v) is 5.81. The molecule has 5 nitrogen and oxygen atoms in total. The standard InChI is InChI=1S/C14H20BNO4/c1-13(2)14(3,4)20-15(19-13)11-7-6-10(16-9-17)8-12(11)18-5/h6-9H,1-5H3,(H,16,17). The number of hydrogen-bond donors (Lipinski definition) is 1. The Kier molecular flexibility index (Phi) is 3.80. The molecule has 1 saturated heterocycles. The van der Waals surface area contributed by atoms with E-state index in [1.165, 1.54) is 0 Å². The minimum absolute atomic E-state index is 0.400. The number of nitrogens with one attached hydrogen (secondary N) is 1. The maximum Gasteiger partial charge on any atom is 0.498 e. The van der Waals surface area contributed by atoms with Crippen LogP contribution in [-0.2, 0) is 14.1 Å². The fraction of sp³-hybridized carbons (Fsp3) is 0.500. The number of hydrogen-bond acceptors (Lipinski definition) is 4. The molecule has 0 aromatic heterocycles. The van der Waals surface area contributed by atoms with Gasteiger partial charge in [0.25, 0.3) is 0 Å². The minimum atomic E-state index is -0.486. The van der Waals surface area contributed by atoms with Crippen molar-refractivity contribution < 1.29 is 18.8 Å². The summed E-state index contributed by atoms with van der Waals surface area (Å²) in [6, 6.07) is 5.37. The molecule has 1 fully saturated rings. The highest BCUT2D eigenvalue weighted by Gasteiger charge is 2.52. The maximum absolute atomic E-state index is 10.5. The van der Waals surface area contributed by atoms with Crippen LogP contribution in [0.1, 0.15) is 27.7 Å². The van der Waals surface area contributed by atoms with E-state index in [9.17, 15) is 4.79 Å². The molecule has 1 heterocycles. The van der Waals surface area contributed by atoms with Crippen LogP contribution in [-0.4, -0.2) is 31.8 Å². The molecule has 0 atom stereocenters. The number of carbonyl (C=O) groups excluding carboxylic acids is 1. The third kappa shape index (κ3) is 2.53. The molecule has 0 aliphatic carbocycles. The second-order valence-electron chi connectivity index (χ2n) is 5.81. The third-order valence-corrected chi connectivity index (χ3v) is 3.97. The summed E-state index contributed by atoms with van der Waals surface area (Å²) in [6.07, 6.45) is 0.628. The van der Waals surface area contributed by atoms with Gasteiger partial charge in [-0.25, -0.2) is 0 Å². The molecule has 0 bridgehead atoms. The Morgan fingerprint density at radius 1 is 1.20 bits per heavy atom. The van der Waals surface area contributed by atoms with Crippen LogP contribution >= 0.6 is 0 Å². The number of carbonyl (C=O) groups is 1. The highest BCUT2D eigenvalue weighted by atomic mass is 16.7. The zero-order valence-corrected chi connectivity index (χ0v) is 12.5. The lowest BCUT2D eigenvalue weighted by atomic mass is 9.78. The largest absolute Gasteiger partial charge is 0.498 e. The zero-order valence-electron chi connectivity index (χ0n) is 12.5. The van der Waals surface area contributed by atoms with E-state index < -0.39 is 18.3 Å². The van der Waals surface area contributed by atoms with Crippen molar-refractivity contribution in [1.82, 2.24) is 0 Å². The fourth-order valence-corrected chi connectivity index (χ4v) is 2.03. The molecule has 1 aromatic rings. The first kappa shape index (κ1) is 14.9. The van der Waals surface area contributed by atoms with Crippen molar-refractivity contribution in [3.63, 3.8) is 0 Å². The molecule has 0 radical (unpaired) electrons. The summed E-state index contributed by atoms with van der Waals surface area (Å²) in [4.78, 5) is 10.5. The third-order valence-electron chi connectivity index (χ3n) is 3.97. The average Bonchev–Trinajstić information content (AvgIpc) is 2.58. The summed E-state index contributed by atoms with van der Waals surface area (Å²) in [5.41, 5.74) is 0.671. The summed E-state index contributed by atoms with van der Waals surface area (Å²) in [5.74, 6) is 0.621. The van der Waals surface area contributed by atoms with Crippen molar-refractivity contribution in [2.75, 3.05) is 12.4 Å². The topological polar surface area (TPSA) is 56.8 Å².